The molecule has 0 aliphatic rings. The van der Waals surface area contributed by atoms with Gasteiger partial charge in [0.1, 0.15) is 0 Å². The Bertz CT molecular complexity index is 600. The number of nitro groups is 1. The summed E-state index contributed by atoms with van der Waals surface area (Å²) in [5.74, 6) is 0. The molecule has 0 amide bonds. The van der Waals surface area contributed by atoms with Crippen LogP contribution in [0.1, 0.15) is 24.6 Å². The lowest BCUT2D eigenvalue weighted by atomic mass is 10.1. The lowest BCUT2D eigenvalue weighted by Crippen LogP contribution is -2.04. The summed E-state index contributed by atoms with van der Waals surface area (Å²) in [6.45, 7) is 2.96. The molecular weight excluding hydrogens is 252 g/mol. The van der Waals surface area contributed by atoms with Gasteiger partial charge in [-0.15, -0.1) is 0 Å². The fourth-order valence-electron chi connectivity index (χ4n) is 2.15. The van der Waals surface area contributed by atoms with Crippen LogP contribution in [0.3, 0.4) is 0 Å². The zero-order valence-corrected chi connectivity index (χ0v) is 11.5. The van der Waals surface area contributed by atoms with Crippen LogP contribution in [0, 0.1) is 10.1 Å². The van der Waals surface area contributed by atoms with Crippen LogP contribution in [0.4, 0.5) is 0 Å². The molecule has 104 valence electrons. The maximum absolute atomic E-state index is 11.2. The molecule has 0 fully saturated rings. The molecule has 20 heavy (non-hydrogen) atoms. The topological polar surface area (TPSA) is 48.1 Å². The van der Waals surface area contributed by atoms with Crippen molar-refractivity contribution in [3.63, 3.8) is 0 Å². The Morgan fingerprint density at radius 2 is 2.00 bits per heavy atom. The van der Waals surface area contributed by atoms with E-state index >= 15 is 0 Å². The summed E-state index contributed by atoms with van der Waals surface area (Å²) < 4.78 is 2.04. The molecule has 1 aromatic heterocycles. The number of hydrogen-bond donors (Lipinski definition) is 0. The fraction of sp³-hybridized carbons (Fsp3) is 0.250. The highest BCUT2D eigenvalue weighted by Gasteiger charge is 2.13. The third-order valence-corrected chi connectivity index (χ3v) is 3.11. The number of nitrogens with zero attached hydrogens (tertiary/aromatic N) is 2. The van der Waals surface area contributed by atoms with Gasteiger partial charge in [-0.3, -0.25) is 10.1 Å². The van der Waals surface area contributed by atoms with Crippen LogP contribution in [0.2, 0.25) is 0 Å². The first-order valence-corrected chi connectivity index (χ1v) is 6.74. The van der Waals surface area contributed by atoms with E-state index in [2.05, 4.69) is 6.92 Å². The number of benzene rings is 1. The number of allylic oxidation sites excluding steroid dienone is 1. The molecule has 2 rings (SSSR count). The van der Waals surface area contributed by atoms with Gasteiger partial charge in [0, 0.05) is 24.5 Å². The van der Waals surface area contributed by atoms with Gasteiger partial charge >= 0.3 is 0 Å². The summed E-state index contributed by atoms with van der Waals surface area (Å²) in [6.07, 6.45) is 4.96. The lowest BCUT2D eigenvalue weighted by molar-refractivity contribution is -0.425. The molecule has 0 unspecified atom stereocenters. The third kappa shape index (κ3) is 3.57. The number of hydrogen-bond acceptors (Lipinski definition) is 2. The predicted octanol–water partition coefficient (Wildman–Crippen LogP) is 3.76. The predicted molar refractivity (Wildman–Crippen MR) is 79.8 cm³/mol. The Morgan fingerprint density at radius 1 is 1.25 bits per heavy atom. The van der Waals surface area contributed by atoms with Crippen molar-refractivity contribution in [2.75, 3.05) is 0 Å². The van der Waals surface area contributed by atoms with Crippen LogP contribution in [-0.2, 0) is 13.0 Å². The van der Waals surface area contributed by atoms with Crippen molar-refractivity contribution >= 4 is 6.08 Å². The van der Waals surface area contributed by atoms with Crippen LogP contribution in [0.5, 0.6) is 0 Å². The molecule has 1 aromatic carbocycles. The van der Waals surface area contributed by atoms with Crippen LogP contribution >= 0.6 is 0 Å². The van der Waals surface area contributed by atoms with Crippen molar-refractivity contribution < 1.29 is 4.92 Å². The van der Waals surface area contributed by atoms with Crippen LogP contribution in [0.15, 0.2) is 54.4 Å². The molecule has 0 atom stereocenters. The van der Waals surface area contributed by atoms with Gasteiger partial charge in [-0.1, -0.05) is 37.3 Å². The van der Waals surface area contributed by atoms with Crippen LogP contribution in [-0.4, -0.2) is 9.49 Å². The Kier molecular flexibility index (Phi) is 4.71. The Morgan fingerprint density at radius 3 is 2.65 bits per heavy atom. The number of rotatable bonds is 6. The molecular formula is C16H18N2O2. The average molecular weight is 270 g/mol. The van der Waals surface area contributed by atoms with Gasteiger partial charge in [0.15, 0.2) is 0 Å². The van der Waals surface area contributed by atoms with Gasteiger partial charge in [0.2, 0.25) is 0 Å². The largest absolute Gasteiger partial charge is 0.348 e. The monoisotopic (exact) mass is 270 g/mol. The quantitative estimate of drug-likeness (QED) is 0.592. The summed E-state index contributed by atoms with van der Waals surface area (Å²) in [7, 11) is 0. The summed E-state index contributed by atoms with van der Waals surface area (Å²) in [5.41, 5.74) is 2.05. The van der Waals surface area contributed by atoms with Gasteiger partial charge in [0.25, 0.3) is 5.70 Å². The molecule has 0 bridgehead atoms. The molecule has 0 saturated carbocycles. The highest BCUT2D eigenvalue weighted by Crippen LogP contribution is 2.14. The maximum atomic E-state index is 11.2. The van der Waals surface area contributed by atoms with E-state index in [0.29, 0.717) is 6.42 Å². The van der Waals surface area contributed by atoms with Crippen molar-refractivity contribution in [3.05, 3.63) is 75.7 Å². The maximum Gasteiger partial charge on any atom is 0.252 e. The molecule has 0 N–H and O–H groups in total. The van der Waals surface area contributed by atoms with E-state index in [9.17, 15) is 10.1 Å². The molecule has 0 saturated heterocycles. The molecule has 2 aromatic rings. The van der Waals surface area contributed by atoms with Crippen molar-refractivity contribution in [1.29, 1.82) is 0 Å². The van der Waals surface area contributed by atoms with E-state index in [0.717, 1.165) is 24.2 Å². The van der Waals surface area contributed by atoms with Gasteiger partial charge in [-0.2, -0.15) is 0 Å². The van der Waals surface area contributed by atoms with Crippen molar-refractivity contribution in [1.82, 2.24) is 4.57 Å². The summed E-state index contributed by atoms with van der Waals surface area (Å²) >= 11 is 0. The van der Waals surface area contributed by atoms with Crippen LogP contribution < -0.4 is 0 Å². The zero-order chi connectivity index (χ0) is 14.4. The average Bonchev–Trinajstić information content (AvgIpc) is 2.87. The minimum Gasteiger partial charge on any atom is -0.348 e. The second kappa shape index (κ2) is 6.70. The van der Waals surface area contributed by atoms with Gasteiger partial charge < -0.3 is 4.57 Å². The molecule has 1 heterocycles. The van der Waals surface area contributed by atoms with E-state index in [1.165, 1.54) is 0 Å². The molecule has 0 spiro atoms. The fourth-order valence-corrected chi connectivity index (χ4v) is 2.15. The summed E-state index contributed by atoms with van der Waals surface area (Å²) in [5, 5.41) is 11.2. The molecule has 0 radical (unpaired) electrons. The lowest BCUT2D eigenvalue weighted by Gasteiger charge is -2.04. The SMILES string of the molecule is CCCn1cccc1C=C(Cc1ccccc1)[N+](=O)[O-]. The highest BCUT2D eigenvalue weighted by atomic mass is 16.6. The van der Waals surface area contributed by atoms with Crippen LogP contribution in [0.25, 0.3) is 6.08 Å². The van der Waals surface area contributed by atoms with E-state index in [-0.39, 0.29) is 10.6 Å². The minimum atomic E-state index is -0.295. The Balaban J connectivity index is 2.26. The summed E-state index contributed by atoms with van der Waals surface area (Å²) in [6, 6.07) is 13.3. The van der Waals surface area contributed by atoms with Crippen molar-refractivity contribution in [2.24, 2.45) is 0 Å². The first-order valence-electron chi connectivity index (χ1n) is 6.74. The minimum absolute atomic E-state index is 0.215. The number of aryl methyl sites for hydroxylation is 1. The van der Waals surface area contributed by atoms with Crippen molar-refractivity contribution in [2.45, 2.75) is 26.3 Å². The second-order valence-electron chi connectivity index (χ2n) is 4.68. The van der Waals surface area contributed by atoms with Gasteiger partial charge in [0.05, 0.1) is 11.3 Å². The zero-order valence-electron chi connectivity index (χ0n) is 11.5. The van der Waals surface area contributed by atoms with E-state index in [1.807, 2.05) is 53.2 Å². The van der Waals surface area contributed by atoms with Crippen molar-refractivity contribution in [3.8, 4) is 0 Å². The third-order valence-electron chi connectivity index (χ3n) is 3.11. The summed E-state index contributed by atoms with van der Waals surface area (Å²) in [4.78, 5) is 10.9. The smallest absolute Gasteiger partial charge is 0.252 e. The Hall–Kier alpha value is -2.36. The second-order valence-corrected chi connectivity index (χ2v) is 4.68. The standard InChI is InChI=1S/C16H18N2O2/c1-2-10-17-11-6-9-15(17)13-16(18(19)20)12-14-7-4-3-5-8-14/h3-9,11,13H,2,10,12H2,1H3. The number of aromatic nitrogens is 1. The molecule has 0 aliphatic carbocycles. The normalized spacial score (nSPS) is 11.6. The first-order chi connectivity index (χ1) is 9.70. The van der Waals surface area contributed by atoms with Gasteiger partial charge in [-0.05, 0) is 24.1 Å². The van der Waals surface area contributed by atoms with E-state index in [4.69, 9.17) is 0 Å². The Labute approximate surface area is 118 Å². The van der Waals surface area contributed by atoms with E-state index < -0.39 is 0 Å². The highest BCUT2D eigenvalue weighted by molar-refractivity contribution is 5.48. The van der Waals surface area contributed by atoms with E-state index in [1.54, 1.807) is 6.08 Å². The molecule has 0 aliphatic heterocycles. The first kappa shape index (κ1) is 14.1. The molecule has 4 nitrogen and oxygen atoms in total. The van der Waals surface area contributed by atoms with Gasteiger partial charge in [-0.25, -0.2) is 0 Å². The molecule has 4 heteroatoms.